The lowest BCUT2D eigenvalue weighted by Crippen LogP contribution is -2.57. The molecule has 0 heterocycles. The summed E-state index contributed by atoms with van der Waals surface area (Å²) in [6.45, 7) is -0.816. The molecule has 0 aliphatic rings. The standard InChI is InChI=1S/C16H29N5O8/c17-6-2-1-3-9(20-15(27)11(8-22)19-12(23)7-18)14(26)21-10(16(28)29)4-5-13(24)25/h9-11,22H,1-8,17-18H2,(H,19,23)(H,20,27)(H,21,26)(H,24,25)(H,28,29). The second-order valence-electron chi connectivity index (χ2n) is 6.18. The van der Waals surface area contributed by atoms with Gasteiger partial charge >= 0.3 is 11.9 Å². The van der Waals surface area contributed by atoms with Gasteiger partial charge in [-0.2, -0.15) is 0 Å². The molecule has 3 unspecified atom stereocenters. The van der Waals surface area contributed by atoms with Crippen LogP contribution in [-0.2, 0) is 24.0 Å². The molecule has 3 atom stereocenters. The van der Waals surface area contributed by atoms with Gasteiger partial charge in [0.15, 0.2) is 0 Å². The number of carboxylic acids is 2. The Balaban J connectivity index is 5.18. The van der Waals surface area contributed by atoms with E-state index in [0.29, 0.717) is 19.4 Å². The molecule has 0 rings (SSSR count). The zero-order valence-electron chi connectivity index (χ0n) is 15.9. The zero-order chi connectivity index (χ0) is 22.4. The Labute approximate surface area is 167 Å². The molecule has 3 amide bonds. The van der Waals surface area contributed by atoms with Gasteiger partial charge in [0.05, 0.1) is 13.2 Å². The van der Waals surface area contributed by atoms with Crippen molar-refractivity contribution < 1.29 is 39.3 Å². The van der Waals surface area contributed by atoms with Crippen molar-refractivity contribution in [3.05, 3.63) is 0 Å². The number of rotatable bonds is 15. The summed E-state index contributed by atoms with van der Waals surface area (Å²) in [6.07, 6.45) is 0.267. The Morgan fingerprint density at radius 1 is 0.793 bits per heavy atom. The average Bonchev–Trinajstić information content (AvgIpc) is 2.67. The first-order chi connectivity index (χ1) is 13.7. The number of aliphatic hydroxyl groups excluding tert-OH is 1. The summed E-state index contributed by atoms with van der Waals surface area (Å²) in [6, 6.07) is -3.99. The summed E-state index contributed by atoms with van der Waals surface area (Å²) in [4.78, 5) is 58.0. The van der Waals surface area contributed by atoms with Gasteiger partial charge in [0.1, 0.15) is 18.1 Å². The Morgan fingerprint density at radius 2 is 1.38 bits per heavy atom. The fraction of sp³-hybridized carbons (Fsp3) is 0.688. The first-order valence-electron chi connectivity index (χ1n) is 9.01. The minimum absolute atomic E-state index is 0.114. The number of hydrogen-bond acceptors (Lipinski definition) is 8. The first-order valence-corrected chi connectivity index (χ1v) is 9.01. The van der Waals surface area contributed by atoms with Crippen molar-refractivity contribution in [3.63, 3.8) is 0 Å². The third-order valence-electron chi connectivity index (χ3n) is 3.86. The third-order valence-corrected chi connectivity index (χ3v) is 3.86. The van der Waals surface area contributed by atoms with Crippen molar-refractivity contribution in [2.75, 3.05) is 19.7 Å². The zero-order valence-corrected chi connectivity index (χ0v) is 15.9. The summed E-state index contributed by atoms with van der Waals surface area (Å²) >= 11 is 0. The first kappa shape index (κ1) is 26.2. The van der Waals surface area contributed by atoms with Crippen molar-refractivity contribution in [2.45, 2.75) is 50.2 Å². The molecule has 13 nitrogen and oxygen atoms in total. The van der Waals surface area contributed by atoms with Gasteiger partial charge in [0, 0.05) is 6.42 Å². The van der Waals surface area contributed by atoms with Crippen molar-refractivity contribution >= 4 is 29.7 Å². The Hall–Kier alpha value is -2.77. The number of amides is 3. The molecule has 0 aromatic carbocycles. The van der Waals surface area contributed by atoms with Gasteiger partial charge in [-0.15, -0.1) is 0 Å². The quantitative estimate of drug-likeness (QED) is 0.122. The average molecular weight is 419 g/mol. The Bertz CT molecular complexity index is 586. The summed E-state index contributed by atoms with van der Waals surface area (Å²) < 4.78 is 0. The van der Waals surface area contributed by atoms with Crippen LogP contribution in [0.2, 0.25) is 0 Å². The molecule has 0 fully saturated rings. The van der Waals surface area contributed by atoms with Crippen molar-refractivity contribution in [3.8, 4) is 0 Å². The van der Waals surface area contributed by atoms with Crippen LogP contribution in [0.1, 0.15) is 32.1 Å². The molecular weight excluding hydrogens is 390 g/mol. The largest absolute Gasteiger partial charge is 0.481 e. The molecule has 29 heavy (non-hydrogen) atoms. The summed E-state index contributed by atoms with van der Waals surface area (Å²) in [5, 5.41) is 33.9. The fourth-order valence-electron chi connectivity index (χ4n) is 2.28. The number of aliphatic carboxylic acids is 2. The van der Waals surface area contributed by atoms with Gasteiger partial charge in [0.2, 0.25) is 17.7 Å². The summed E-state index contributed by atoms with van der Waals surface area (Å²) in [5.41, 5.74) is 10.5. The van der Waals surface area contributed by atoms with Crippen LogP contribution in [0.4, 0.5) is 0 Å². The van der Waals surface area contributed by atoms with E-state index in [2.05, 4.69) is 16.0 Å². The molecular formula is C16H29N5O8. The highest BCUT2D eigenvalue weighted by molar-refractivity contribution is 5.93. The lowest BCUT2D eigenvalue weighted by molar-refractivity contribution is -0.143. The molecule has 0 bridgehead atoms. The predicted molar refractivity (Wildman–Crippen MR) is 99.3 cm³/mol. The monoisotopic (exact) mass is 419 g/mol. The van der Waals surface area contributed by atoms with Gasteiger partial charge in [-0.05, 0) is 32.2 Å². The van der Waals surface area contributed by atoms with E-state index < -0.39 is 67.4 Å². The molecule has 0 radical (unpaired) electrons. The van der Waals surface area contributed by atoms with Crippen LogP contribution in [0, 0.1) is 0 Å². The number of aliphatic hydroxyl groups is 1. The van der Waals surface area contributed by atoms with E-state index in [-0.39, 0.29) is 12.8 Å². The summed E-state index contributed by atoms with van der Waals surface area (Å²) in [5.74, 6) is -5.03. The second kappa shape index (κ2) is 14.3. The van der Waals surface area contributed by atoms with Gasteiger partial charge in [0.25, 0.3) is 0 Å². The Kier molecular flexibility index (Phi) is 12.9. The van der Waals surface area contributed by atoms with Crippen LogP contribution in [0.15, 0.2) is 0 Å². The molecule has 13 heteroatoms. The van der Waals surface area contributed by atoms with Crippen LogP contribution >= 0.6 is 0 Å². The maximum Gasteiger partial charge on any atom is 0.326 e. The molecule has 0 aromatic rings. The van der Waals surface area contributed by atoms with Crippen LogP contribution in [-0.4, -0.2) is 82.8 Å². The molecule has 0 aliphatic heterocycles. The van der Waals surface area contributed by atoms with Crippen molar-refractivity contribution in [1.82, 2.24) is 16.0 Å². The van der Waals surface area contributed by atoms with Gasteiger partial charge < -0.3 is 42.7 Å². The van der Waals surface area contributed by atoms with Crippen LogP contribution in [0.25, 0.3) is 0 Å². The van der Waals surface area contributed by atoms with Gasteiger partial charge in [-0.3, -0.25) is 19.2 Å². The normalized spacial score (nSPS) is 13.6. The van der Waals surface area contributed by atoms with E-state index in [4.69, 9.17) is 21.7 Å². The third kappa shape index (κ3) is 11.0. The minimum Gasteiger partial charge on any atom is -0.481 e. The highest BCUT2D eigenvalue weighted by atomic mass is 16.4. The van der Waals surface area contributed by atoms with E-state index >= 15 is 0 Å². The molecule has 0 saturated heterocycles. The van der Waals surface area contributed by atoms with E-state index in [1.807, 2.05) is 0 Å². The molecule has 0 saturated carbocycles. The van der Waals surface area contributed by atoms with Crippen molar-refractivity contribution in [2.24, 2.45) is 11.5 Å². The van der Waals surface area contributed by atoms with Crippen LogP contribution < -0.4 is 27.4 Å². The smallest absolute Gasteiger partial charge is 0.326 e. The van der Waals surface area contributed by atoms with E-state index in [0.717, 1.165) is 0 Å². The lowest BCUT2D eigenvalue weighted by Gasteiger charge is -2.23. The maximum absolute atomic E-state index is 12.5. The number of hydrogen-bond donors (Lipinski definition) is 8. The predicted octanol–water partition coefficient (Wildman–Crippen LogP) is -3.53. The number of nitrogens with one attached hydrogen (secondary N) is 3. The molecule has 166 valence electrons. The van der Waals surface area contributed by atoms with Gasteiger partial charge in [-0.1, -0.05) is 0 Å². The van der Waals surface area contributed by atoms with E-state index in [1.54, 1.807) is 0 Å². The fourth-order valence-corrected chi connectivity index (χ4v) is 2.28. The minimum atomic E-state index is -1.46. The molecule has 0 spiro atoms. The maximum atomic E-state index is 12.5. The number of unbranched alkanes of at least 4 members (excludes halogenated alkanes) is 1. The van der Waals surface area contributed by atoms with E-state index in [1.165, 1.54) is 0 Å². The van der Waals surface area contributed by atoms with Crippen LogP contribution in [0.5, 0.6) is 0 Å². The summed E-state index contributed by atoms with van der Waals surface area (Å²) in [7, 11) is 0. The van der Waals surface area contributed by atoms with Gasteiger partial charge in [-0.25, -0.2) is 4.79 Å². The van der Waals surface area contributed by atoms with Crippen LogP contribution in [0.3, 0.4) is 0 Å². The number of carboxylic acid groups (broad SMARTS) is 2. The number of nitrogens with two attached hydrogens (primary N) is 2. The van der Waals surface area contributed by atoms with E-state index in [9.17, 15) is 29.1 Å². The SMILES string of the molecule is NCCCCC(NC(=O)C(CO)NC(=O)CN)C(=O)NC(CCC(=O)O)C(=O)O. The molecule has 10 N–H and O–H groups in total. The van der Waals surface area contributed by atoms with Crippen molar-refractivity contribution in [1.29, 1.82) is 0 Å². The molecule has 0 aliphatic carbocycles. The highest BCUT2D eigenvalue weighted by Crippen LogP contribution is 2.05. The second-order valence-corrected chi connectivity index (χ2v) is 6.18. The molecule has 0 aromatic heterocycles. The Morgan fingerprint density at radius 3 is 1.86 bits per heavy atom. The number of carbonyl (C=O) groups is 5. The topological polar surface area (TPSA) is 234 Å². The lowest BCUT2D eigenvalue weighted by atomic mass is 10.1. The highest BCUT2D eigenvalue weighted by Gasteiger charge is 2.29. The number of carbonyl (C=O) groups excluding carboxylic acids is 3.